The molecule has 0 saturated heterocycles. The first-order valence-electron chi connectivity index (χ1n) is 5.82. The average Bonchev–Trinajstić information content (AvgIpc) is 2.39. The van der Waals surface area contributed by atoms with Crippen molar-refractivity contribution >= 4 is 40.5 Å². The lowest BCUT2D eigenvalue weighted by atomic mass is 10.1. The molecule has 0 aliphatic carbocycles. The van der Waals surface area contributed by atoms with Gasteiger partial charge in [-0.1, -0.05) is 40.9 Å². The number of aryl methyl sites for hydroxylation is 1. The number of hydrogen-bond donors (Lipinski definition) is 1. The molecule has 1 aromatic carbocycles. The molecule has 1 unspecified atom stereocenters. The molecule has 0 bridgehead atoms. The smallest absolute Gasteiger partial charge is 0.0782 e. The predicted octanol–water partition coefficient (Wildman–Crippen LogP) is 5.52. The molecule has 2 aromatic rings. The Bertz CT molecular complexity index is 599. The van der Waals surface area contributed by atoms with Gasteiger partial charge in [0.2, 0.25) is 0 Å². The van der Waals surface area contributed by atoms with Gasteiger partial charge in [-0.15, -0.1) is 0 Å². The monoisotopic (exact) mass is 314 g/mol. The summed E-state index contributed by atoms with van der Waals surface area (Å²) in [6, 6.07) is 7.49. The van der Waals surface area contributed by atoms with Gasteiger partial charge in [0, 0.05) is 6.20 Å². The summed E-state index contributed by atoms with van der Waals surface area (Å²) in [5, 5.41) is 4.69. The van der Waals surface area contributed by atoms with Gasteiger partial charge in [0.25, 0.3) is 0 Å². The van der Waals surface area contributed by atoms with Gasteiger partial charge in [-0.05, 0) is 37.6 Å². The molecule has 0 radical (unpaired) electrons. The SMILES string of the molecule is Cc1ncccc1NC(C)c1ccc(Cl)c(Cl)c1Cl. The summed E-state index contributed by atoms with van der Waals surface area (Å²) in [5.74, 6) is 0. The van der Waals surface area contributed by atoms with Crippen molar-refractivity contribution in [3.63, 3.8) is 0 Å². The van der Waals surface area contributed by atoms with Crippen molar-refractivity contribution in [2.45, 2.75) is 19.9 Å². The first-order chi connectivity index (χ1) is 9.00. The molecule has 0 amide bonds. The van der Waals surface area contributed by atoms with Crippen molar-refractivity contribution in [3.8, 4) is 0 Å². The Kier molecular flexibility index (Phi) is 4.56. The number of hydrogen-bond acceptors (Lipinski definition) is 2. The highest BCUT2D eigenvalue weighted by Crippen LogP contribution is 2.36. The van der Waals surface area contributed by atoms with E-state index in [0.717, 1.165) is 16.9 Å². The Morgan fingerprint density at radius 3 is 2.53 bits per heavy atom. The summed E-state index contributed by atoms with van der Waals surface area (Å²) in [6.07, 6.45) is 1.76. The minimum Gasteiger partial charge on any atom is -0.377 e. The second-order valence-corrected chi connectivity index (χ2v) is 5.43. The molecular weight excluding hydrogens is 303 g/mol. The van der Waals surface area contributed by atoms with Crippen LogP contribution in [0.25, 0.3) is 0 Å². The molecule has 0 aliphatic rings. The fraction of sp³-hybridized carbons (Fsp3) is 0.214. The lowest BCUT2D eigenvalue weighted by Gasteiger charge is -2.19. The normalized spacial score (nSPS) is 12.3. The van der Waals surface area contributed by atoms with E-state index in [9.17, 15) is 0 Å². The van der Waals surface area contributed by atoms with Gasteiger partial charge in [0.1, 0.15) is 0 Å². The van der Waals surface area contributed by atoms with E-state index in [0.29, 0.717) is 15.1 Å². The van der Waals surface area contributed by atoms with E-state index in [4.69, 9.17) is 34.8 Å². The van der Waals surface area contributed by atoms with Crippen LogP contribution in [0.5, 0.6) is 0 Å². The number of nitrogens with one attached hydrogen (secondary N) is 1. The average molecular weight is 316 g/mol. The molecule has 1 heterocycles. The fourth-order valence-electron chi connectivity index (χ4n) is 1.82. The zero-order valence-corrected chi connectivity index (χ0v) is 12.8. The van der Waals surface area contributed by atoms with Crippen LogP contribution in [-0.2, 0) is 0 Å². The molecular formula is C14H13Cl3N2. The van der Waals surface area contributed by atoms with Crippen molar-refractivity contribution in [3.05, 3.63) is 56.8 Å². The number of pyridine rings is 1. The van der Waals surface area contributed by atoms with Crippen LogP contribution in [-0.4, -0.2) is 4.98 Å². The maximum atomic E-state index is 6.23. The van der Waals surface area contributed by atoms with E-state index in [1.807, 2.05) is 32.0 Å². The quantitative estimate of drug-likeness (QED) is 0.754. The van der Waals surface area contributed by atoms with Gasteiger partial charge in [-0.3, -0.25) is 4.98 Å². The number of aromatic nitrogens is 1. The summed E-state index contributed by atoms with van der Waals surface area (Å²) in [4.78, 5) is 4.24. The molecule has 2 rings (SSSR count). The lowest BCUT2D eigenvalue weighted by Crippen LogP contribution is -2.09. The molecule has 1 atom stereocenters. The first kappa shape index (κ1) is 14.4. The molecule has 1 N–H and O–H groups in total. The highest BCUT2D eigenvalue weighted by Gasteiger charge is 2.14. The second kappa shape index (κ2) is 6.00. The van der Waals surface area contributed by atoms with Crippen LogP contribution < -0.4 is 5.32 Å². The Labute approximate surface area is 127 Å². The van der Waals surface area contributed by atoms with E-state index in [2.05, 4.69) is 10.3 Å². The van der Waals surface area contributed by atoms with Gasteiger partial charge in [-0.2, -0.15) is 0 Å². The molecule has 0 spiro atoms. The van der Waals surface area contributed by atoms with E-state index in [1.54, 1.807) is 12.3 Å². The zero-order valence-electron chi connectivity index (χ0n) is 10.5. The third-order valence-electron chi connectivity index (χ3n) is 2.91. The van der Waals surface area contributed by atoms with E-state index < -0.39 is 0 Å². The van der Waals surface area contributed by atoms with Crippen LogP contribution in [0.1, 0.15) is 24.2 Å². The molecule has 0 saturated carbocycles. The number of rotatable bonds is 3. The summed E-state index contributed by atoms with van der Waals surface area (Å²) in [6.45, 7) is 3.96. The predicted molar refractivity (Wildman–Crippen MR) is 82.5 cm³/mol. The van der Waals surface area contributed by atoms with Crippen molar-refractivity contribution in [1.29, 1.82) is 0 Å². The van der Waals surface area contributed by atoms with Gasteiger partial charge < -0.3 is 5.32 Å². The molecule has 19 heavy (non-hydrogen) atoms. The summed E-state index contributed by atoms with van der Waals surface area (Å²) >= 11 is 18.2. The molecule has 0 aliphatic heterocycles. The molecule has 100 valence electrons. The fourth-order valence-corrected chi connectivity index (χ4v) is 2.53. The number of halogens is 3. The minimum absolute atomic E-state index is 0.00478. The summed E-state index contributed by atoms with van der Waals surface area (Å²) in [7, 11) is 0. The van der Waals surface area contributed by atoms with Gasteiger partial charge in [0.05, 0.1) is 32.5 Å². The second-order valence-electron chi connectivity index (χ2n) is 4.27. The Morgan fingerprint density at radius 2 is 1.84 bits per heavy atom. The van der Waals surface area contributed by atoms with Crippen LogP contribution in [0.15, 0.2) is 30.5 Å². The van der Waals surface area contributed by atoms with Gasteiger partial charge >= 0.3 is 0 Å². The molecule has 5 heteroatoms. The van der Waals surface area contributed by atoms with Crippen LogP contribution in [0.4, 0.5) is 5.69 Å². The standard InChI is InChI=1S/C14H13Cl3N2/c1-8(19-12-4-3-7-18-9(12)2)10-5-6-11(15)14(17)13(10)16/h3-8,19H,1-2H3. The number of benzene rings is 1. The zero-order chi connectivity index (χ0) is 14.0. The number of nitrogens with zero attached hydrogens (tertiary/aromatic N) is 1. The highest BCUT2D eigenvalue weighted by atomic mass is 35.5. The van der Waals surface area contributed by atoms with Crippen molar-refractivity contribution < 1.29 is 0 Å². The molecule has 0 fully saturated rings. The van der Waals surface area contributed by atoms with Crippen LogP contribution >= 0.6 is 34.8 Å². The molecule has 2 nitrogen and oxygen atoms in total. The Morgan fingerprint density at radius 1 is 1.11 bits per heavy atom. The van der Waals surface area contributed by atoms with Crippen molar-refractivity contribution in [2.24, 2.45) is 0 Å². The third kappa shape index (κ3) is 3.14. The van der Waals surface area contributed by atoms with Crippen LogP contribution in [0.2, 0.25) is 15.1 Å². The van der Waals surface area contributed by atoms with E-state index in [-0.39, 0.29) is 6.04 Å². The third-order valence-corrected chi connectivity index (χ3v) is 4.22. The minimum atomic E-state index is 0.00478. The topological polar surface area (TPSA) is 24.9 Å². The highest BCUT2D eigenvalue weighted by molar-refractivity contribution is 6.48. The number of anilines is 1. The van der Waals surface area contributed by atoms with Crippen molar-refractivity contribution in [1.82, 2.24) is 4.98 Å². The van der Waals surface area contributed by atoms with Crippen LogP contribution in [0, 0.1) is 6.92 Å². The summed E-state index contributed by atoms with van der Waals surface area (Å²) in [5.41, 5.74) is 2.81. The van der Waals surface area contributed by atoms with Gasteiger partial charge in [0.15, 0.2) is 0 Å². The first-order valence-corrected chi connectivity index (χ1v) is 6.95. The van der Waals surface area contributed by atoms with Crippen molar-refractivity contribution in [2.75, 3.05) is 5.32 Å². The lowest BCUT2D eigenvalue weighted by molar-refractivity contribution is 0.879. The van der Waals surface area contributed by atoms with Crippen LogP contribution in [0.3, 0.4) is 0 Å². The largest absolute Gasteiger partial charge is 0.377 e. The van der Waals surface area contributed by atoms with Gasteiger partial charge in [-0.25, -0.2) is 0 Å². The Balaban J connectivity index is 2.28. The molecule has 1 aromatic heterocycles. The maximum Gasteiger partial charge on any atom is 0.0782 e. The van der Waals surface area contributed by atoms with E-state index in [1.165, 1.54) is 0 Å². The maximum absolute atomic E-state index is 6.23. The van der Waals surface area contributed by atoms with E-state index >= 15 is 0 Å². The summed E-state index contributed by atoms with van der Waals surface area (Å²) < 4.78 is 0. The Hall–Kier alpha value is -0.960.